The summed E-state index contributed by atoms with van der Waals surface area (Å²) in [5.74, 6) is 0.264. The smallest absolute Gasteiger partial charge is 0.262 e. The Labute approximate surface area is 144 Å². The van der Waals surface area contributed by atoms with Gasteiger partial charge < -0.3 is 15.4 Å². The van der Waals surface area contributed by atoms with Crippen molar-refractivity contribution in [3.63, 3.8) is 0 Å². The van der Waals surface area contributed by atoms with Gasteiger partial charge in [0.25, 0.3) is 5.91 Å². The summed E-state index contributed by atoms with van der Waals surface area (Å²) >= 11 is 0. The van der Waals surface area contributed by atoms with Crippen LogP contribution in [-0.2, 0) is 9.59 Å². The number of ether oxygens (including phenoxy) is 1. The zero-order chi connectivity index (χ0) is 17.2. The van der Waals surface area contributed by atoms with Crippen LogP contribution in [0.25, 0.3) is 0 Å². The van der Waals surface area contributed by atoms with Crippen LogP contribution in [0.5, 0.6) is 5.75 Å². The quantitative estimate of drug-likeness (QED) is 0.682. The number of hydrazine groups is 1. The third-order valence-electron chi connectivity index (χ3n) is 4.30. The zero-order valence-electron chi connectivity index (χ0n) is 13.4. The summed E-state index contributed by atoms with van der Waals surface area (Å²) in [7, 11) is 0. The van der Waals surface area contributed by atoms with Gasteiger partial charge in [-0.2, -0.15) is 0 Å². The van der Waals surface area contributed by atoms with E-state index in [0.717, 1.165) is 5.56 Å². The van der Waals surface area contributed by atoms with Crippen LogP contribution in [0.15, 0.2) is 48.5 Å². The maximum absolute atomic E-state index is 12.5. The second-order valence-corrected chi connectivity index (χ2v) is 6.08. The summed E-state index contributed by atoms with van der Waals surface area (Å²) in [5.41, 5.74) is 8.51. The molecule has 2 aliphatic heterocycles. The lowest BCUT2D eigenvalue weighted by molar-refractivity contribution is -0.119. The molecule has 0 radical (unpaired) electrons. The molecule has 0 spiro atoms. The molecule has 2 aromatic carbocycles. The van der Waals surface area contributed by atoms with Gasteiger partial charge in [-0.05, 0) is 30.2 Å². The van der Waals surface area contributed by atoms with Crippen LogP contribution in [-0.4, -0.2) is 24.5 Å². The summed E-state index contributed by atoms with van der Waals surface area (Å²) in [5, 5.41) is 5.60. The molecule has 0 bridgehead atoms. The molecule has 4 N–H and O–H groups in total. The summed E-state index contributed by atoms with van der Waals surface area (Å²) < 4.78 is 5.31. The number of benzene rings is 2. The zero-order valence-corrected chi connectivity index (χ0v) is 13.4. The van der Waals surface area contributed by atoms with Crippen LogP contribution >= 0.6 is 0 Å². The van der Waals surface area contributed by atoms with E-state index in [2.05, 4.69) is 21.5 Å². The van der Waals surface area contributed by atoms with Gasteiger partial charge in [0.2, 0.25) is 5.91 Å². The Morgan fingerprint density at radius 3 is 2.80 bits per heavy atom. The summed E-state index contributed by atoms with van der Waals surface area (Å²) in [6.07, 6.45) is 0.653. The fourth-order valence-electron chi connectivity index (χ4n) is 3.02. The average Bonchev–Trinajstić information content (AvgIpc) is 3.12. The van der Waals surface area contributed by atoms with Gasteiger partial charge in [0.15, 0.2) is 6.61 Å². The lowest BCUT2D eigenvalue weighted by Gasteiger charge is -2.19. The Morgan fingerprint density at radius 2 is 1.96 bits per heavy atom. The summed E-state index contributed by atoms with van der Waals surface area (Å²) in [4.78, 5) is 23.9. The number of rotatable bonds is 3. The highest BCUT2D eigenvalue weighted by Gasteiger charge is 2.30. The monoisotopic (exact) mass is 338 g/mol. The van der Waals surface area contributed by atoms with Crippen LogP contribution in [0, 0.1) is 0 Å². The molecule has 2 amide bonds. The van der Waals surface area contributed by atoms with Crippen molar-refractivity contribution in [1.82, 2.24) is 10.9 Å². The van der Waals surface area contributed by atoms with Crippen molar-refractivity contribution in [2.45, 2.75) is 18.5 Å². The van der Waals surface area contributed by atoms with E-state index in [1.807, 2.05) is 30.3 Å². The van der Waals surface area contributed by atoms with Crippen LogP contribution in [0.3, 0.4) is 0 Å². The van der Waals surface area contributed by atoms with E-state index in [0.29, 0.717) is 23.5 Å². The molecule has 4 rings (SSSR count). The van der Waals surface area contributed by atoms with Gasteiger partial charge in [-0.15, -0.1) is 0 Å². The Hall–Kier alpha value is -2.90. The number of hydrogen-bond acceptors (Lipinski definition) is 5. The molecule has 25 heavy (non-hydrogen) atoms. The molecular formula is C18H18N4O3. The fraction of sp³-hybridized carbons (Fsp3) is 0.222. The molecule has 128 valence electrons. The van der Waals surface area contributed by atoms with Gasteiger partial charge in [-0.1, -0.05) is 30.3 Å². The first-order valence-corrected chi connectivity index (χ1v) is 8.12. The molecule has 2 unspecified atom stereocenters. The van der Waals surface area contributed by atoms with Crippen molar-refractivity contribution in [3.05, 3.63) is 54.1 Å². The van der Waals surface area contributed by atoms with Crippen LogP contribution in [0.1, 0.15) is 18.0 Å². The Bertz CT molecular complexity index is 809. The molecule has 7 nitrogen and oxygen atoms in total. The lowest BCUT2D eigenvalue weighted by Crippen LogP contribution is -2.39. The fourth-order valence-corrected chi connectivity index (χ4v) is 3.02. The van der Waals surface area contributed by atoms with Crippen molar-refractivity contribution in [2.24, 2.45) is 0 Å². The van der Waals surface area contributed by atoms with E-state index in [9.17, 15) is 9.59 Å². The largest absolute Gasteiger partial charge is 0.482 e. The van der Waals surface area contributed by atoms with Gasteiger partial charge in [-0.25, -0.2) is 10.9 Å². The van der Waals surface area contributed by atoms with E-state index < -0.39 is 0 Å². The summed E-state index contributed by atoms with van der Waals surface area (Å²) in [6.45, 7) is 0.0112. The Balaban J connectivity index is 1.41. The number of carbonyl (C=O) groups is 2. The van der Waals surface area contributed by atoms with Gasteiger partial charge in [-0.3, -0.25) is 9.59 Å². The van der Waals surface area contributed by atoms with Crippen LogP contribution in [0.4, 0.5) is 11.4 Å². The van der Waals surface area contributed by atoms with Crippen molar-refractivity contribution < 1.29 is 14.3 Å². The molecule has 0 saturated carbocycles. The van der Waals surface area contributed by atoms with E-state index in [1.165, 1.54) is 0 Å². The molecule has 2 aliphatic rings. The molecule has 0 aromatic heterocycles. The Kier molecular flexibility index (Phi) is 4.09. The molecule has 2 aromatic rings. The minimum absolute atomic E-state index is 0.0112. The number of amides is 2. The molecule has 1 fully saturated rings. The average molecular weight is 338 g/mol. The number of hydrogen-bond donors (Lipinski definition) is 4. The number of nitrogens with one attached hydrogen (secondary N) is 4. The first kappa shape index (κ1) is 15.6. The third-order valence-corrected chi connectivity index (χ3v) is 4.30. The minimum Gasteiger partial charge on any atom is -0.482 e. The van der Waals surface area contributed by atoms with Crippen molar-refractivity contribution in [2.75, 3.05) is 17.2 Å². The second-order valence-electron chi connectivity index (χ2n) is 6.08. The van der Waals surface area contributed by atoms with Crippen LogP contribution in [0.2, 0.25) is 0 Å². The van der Waals surface area contributed by atoms with E-state index in [1.54, 1.807) is 18.2 Å². The third kappa shape index (κ3) is 3.33. The molecule has 2 heterocycles. The van der Waals surface area contributed by atoms with Crippen LogP contribution < -0.4 is 26.2 Å². The maximum Gasteiger partial charge on any atom is 0.262 e. The first-order chi connectivity index (χ1) is 12.2. The molecule has 2 atom stereocenters. The second kappa shape index (κ2) is 6.54. The predicted molar refractivity (Wildman–Crippen MR) is 93.1 cm³/mol. The predicted octanol–water partition coefficient (Wildman–Crippen LogP) is 1.56. The summed E-state index contributed by atoms with van der Waals surface area (Å²) in [6, 6.07) is 14.9. The standard InChI is InChI=1S/C18H18N4O3/c23-17-10-25-16-7-6-12(8-14(16)20-17)19-18(24)15-9-13(21-22-15)11-4-2-1-3-5-11/h1-8,13,15,21-22H,9-10H2,(H,19,24)(H,20,23). The van der Waals surface area contributed by atoms with E-state index in [4.69, 9.17) is 4.74 Å². The van der Waals surface area contributed by atoms with E-state index >= 15 is 0 Å². The molecule has 1 saturated heterocycles. The van der Waals surface area contributed by atoms with Gasteiger partial charge in [0.05, 0.1) is 5.69 Å². The van der Waals surface area contributed by atoms with Gasteiger partial charge >= 0.3 is 0 Å². The highest BCUT2D eigenvalue weighted by atomic mass is 16.5. The highest BCUT2D eigenvalue weighted by molar-refractivity contribution is 5.98. The van der Waals surface area contributed by atoms with Crippen molar-refractivity contribution in [1.29, 1.82) is 0 Å². The molecule has 7 heteroatoms. The lowest BCUT2D eigenvalue weighted by atomic mass is 10.0. The SMILES string of the molecule is O=C1COc2ccc(NC(=O)C3CC(c4ccccc4)NN3)cc2N1. The normalized spacial score (nSPS) is 21.8. The van der Waals surface area contributed by atoms with Crippen molar-refractivity contribution in [3.8, 4) is 5.75 Å². The number of anilines is 2. The topological polar surface area (TPSA) is 91.5 Å². The number of fused-ring (bicyclic) bond motifs is 1. The highest BCUT2D eigenvalue weighted by Crippen LogP contribution is 2.30. The Morgan fingerprint density at radius 1 is 1.12 bits per heavy atom. The van der Waals surface area contributed by atoms with Crippen molar-refractivity contribution >= 4 is 23.2 Å². The first-order valence-electron chi connectivity index (χ1n) is 8.12. The molecule has 0 aliphatic carbocycles. The molecular weight excluding hydrogens is 320 g/mol. The number of carbonyl (C=O) groups excluding carboxylic acids is 2. The van der Waals surface area contributed by atoms with Gasteiger partial charge in [0.1, 0.15) is 11.8 Å². The maximum atomic E-state index is 12.5. The minimum atomic E-state index is -0.341. The van der Waals surface area contributed by atoms with Gasteiger partial charge in [0, 0.05) is 11.7 Å². The van der Waals surface area contributed by atoms with E-state index in [-0.39, 0.29) is 30.5 Å².